The van der Waals surface area contributed by atoms with Crippen molar-refractivity contribution in [2.75, 3.05) is 0 Å². The molecule has 0 spiro atoms. The Hall–Kier alpha value is -3.81. The molecule has 38 heavy (non-hydrogen) atoms. The van der Waals surface area contributed by atoms with Crippen LogP contribution in [0.3, 0.4) is 0 Å². The molecule has 5 aromatic rings. The Morgan fingerprint density at radius 3 is 2.47 bits per heavy atom. The van der Waals surface area contributed by atoms with Gasteiger partial charge in [0.1, 0.15) is 17.5 Å². The number of carbonyl (C=O) groups is 1. The van der Waals surface area contributed by atoms with Crippen LogP contribution < -0.4 is 5.32 Å². The number of rotatable bonds is 7. The topological polar surface area (TPSA) is 57.8 Å². The van der Waals surface area contributed by atoms with Crippen molar-refractivity contribution in [2.24, 2.45) is 0 Å². The molecule has 4 nitrogen and oxygen atoms in total. The van der Waals surface area contributed by atoms with Gasteiger partial charge in [-0.3, -0.25) is 9.78 Å². The standard InChI is InChI=1S/C29H20Cl2F3N3O/c30-24-5-3-17(11-25(24)31)22-2-1-7-35-29(22)27(10-16-8-20(33)13-21(34)9-16)37-28(38)12-18-15-36-26-6-4-19(32)14-23(18)26/h1-9,11,13-15,27,36H,10,12H2,(H,37,38). The van der Waals surface area contributed by atoms with Gasteiger partial charge in [0, 0.05) is 34.9 Å². The lowest BCUT2D eigenvalue weighted by molar-refractivity contribution is -0.121. The zero-order valence-electron chi connectivity index (χ0n) is 19.7. The Morgan fingerprint density at radius 2 is 1.71 bits per heavy atom. The third-order valence-electron chi connectivity index (χ3n) is 6.18. The van der Waals surface area contributed by atoms with Gasteiger partial charge in [0.15, 0.2) is 0 Å². The number of aromatic amines is 1. The highest BCUT2D eigenvalue weighted by atomic mass is 35.5. The van der Waals surface area contributed by atoms with Crippen LogP contribution in [0.2, 0.25) is 10.0 Å². The molecule has 3 aromatic carbocycles. The third-order valence-corrected chi connectivity index (χ3v) is 6.92. The van der Waals surface area contributed by atoms with Crippen LogP contribution in [0.4, 0.5) is 13.2 Å². The Bertz CT molecular complexity index is 1630. The Labute approximate surface area is 226 Å². The highest BCUT2D eigenvalue weighted by Crippen LogP contribution is 2.33. The summed E-state index contributed by atoms with van der Waals surface area (Å²) >= 11 is 12.3. The minimum Gasteiger partial charge on any atom is -0.361 e. The van der Waals surface area contributed by atoms with Crippen LogP contribution in [0, 0.1) is 17.5 Å². The number of nitrogens with one attached hydrogen (secondary N) is 2. The minimum absolute atomic E-state index is 0.0492. The van der Waals surface area contributed by atoms with Crippen molar-refractivity contribution in [2.45, 2.75) is 18.9 Å². The van der Waals surface area contributed by atoms with Crippen molar-refractivity contribution in [3.05, 3.63) is 123 Å². The van der Waals surface area contributed by atoms with Crippen LogP contribution in [-0.2, 0) is 17.6 Å². The molecule has 0 fully saturated rings. The Balaban J connectivity index is 1.51. The van der Waals surface area contributed by atoms with Crippen molar-refractivity contribution in [1.82, 2.24) is 15.3 Å². The van der Waals surface area contributed by atoms with Crippen LogP contribution >= 0.6 is 23.2 Å². The molecule has 0 bridgehead atoms. The predicted octanol–water partition coefficient (Wildman–Crippen LogP) is 7.60. The van der Waals surface area contributed by atoms with E-state index in [-0.39, 0.29) is 18.7 Å². The summed E-state index contributed by atoms with van der Waals surface area (Å²) in [6.45, 7) is 0. The summed E-state index contributed by atoms with van der Waals surface area (Å²) in [5, 5.41) is 4.29. The molecular formula is C29H20Cl2F3N3O. The molecule has 2 N–H and O–H groups in total. The van der Waals surface area contributed by atoms with Crippen molar-refractivity contribution in [3.8, 4) is 11.1 Å². The number of nitrogens with zero attached hydrogens (tertiary/aromatic N) is 1. The van der Waals surface area contributed by atoms with Gasteiger partial charge in [-0.1, -0.05) is 35.3 Å². The summed E-state index contributed by atoms with van der Waals surface area (Å²) in [5.74, 6) is -2.24. The number of aromatic nitrogens is 2. The molecule has 1 atom stereocenters. The second kappa shape index (κ2) is 10.9. The number of fused-ring (bicyclic) bond motifs is 1. The van der Waals surface area contributed by atoms with Crippen LogP contribution in [0.5, 0.6) is 0 Å². The van der Waals surface area contributed by atoms with Crippen LogP contribution in [0.15, 0.2) is 79.1 Å². The van der Waals surface area contributed by atoms with E-state index in [0.717, 1.165) is 6.07 Å². The van der Waals surface area contributed by atoms with Gasteiger partial charge >= 0.3 is 0 Å². The number of hydrogen-bond donors (Lipinski definition) is 2. The van der Waals surface area contributed by atoms with Crippen molar-refractivity contribution in [1.29, 1.82) is 0 Å². The van der Waals surface area contributed by atoms with Crippen LogP contribution in [0.1, 0.15) is 22.9 Å². The largest absolute Gasteiger partial charge is 0.361 e. The highest BCUT2D eigenvalue weighted by molar-refractivity contribution is 6.42. The van der Waals surface area contributed by atoms with Crippen LogP contribution in [-0.4, -0.2) is 15.9 Å². The van der Waals surface area contributed by atoms with E-state index in [2.05, 4.69) is 15.3 Å². The van der Waals surface area contributed by atoms with Crippen molar-refractivity contribution >= 4 is 40.0 Å². The first-order chi connectivity index (χ1) is 18.3. The molecule has 0 saturated heterocycles. The van der Waals surface area contributed by atoms with Gasteiger partial charge in [-0.25, -0.2) is 13.2 Å². The molecule has 0 aliphatic carbocycles. The molecule has 1 amide bonds. The molecule has 1 unspecified atom stereocenters. The number of benzene rings is 3. The zero-order valence-corrected chi connectivity index (χ0v) is 21.3. The fourth-order valence-electron chi connectivity index (χ4n) is 4.50. The summed E-state index contributed by atoms with van der Waals surface area (Å²) < 4.78 is 41.8. The van der Waals surface area contributed by atoms with E-state index in [9.17, 15) is 18.0 Å². The molecule has 192 valence electrons. The average Bonchev–Trinajstić information content (AvgIpc) is 3.26. The van der Waals surface area contributed by atoms with Gasteiger partial charge < -0.3 is 10.3 Å². The van der Waals surface area contributed by atoms with Gasteiger partial charge in [-0.05, 0) is 71.6 Å². The second-order valence-electron chi connectivity index (χ2n) is 8.85. The van der Waals surface area contributed by atoms with E-state index in [1.165, 1.54) is 24.3 Å². The lowest BCUT2D eigenvalue weighted by atomic mass is 9.95. The maximum atomic E-state index is 14.0. The summed E-state index contributed by atoms with van der Waals surface area (Å²) in [6.07, 6.45) is 3.24. The molecule has 0 aliphatic heterocycles. The lowest BCUT2D eigenvalue weighted by Gasteiger charge is -2.22. The fourth-order valence-corrected chi connectivity index (χ4v) is 4.80. The number of halogens is 5. The summed E-state index contributed by atoms with van der Waals surface area (Å²) in [4.78, 5) is 20.8. The second-order valence-corrected chi connectivity index (χ2v) is 9.66. The Kier molecular flexibility index (Phi) is 7.40. The van der Waals surface area contributed by atoms with Gasteiger partial charge in [-0.2, -0.15) is 0 Å². The van der Waals surface area contributed by atoms with E-state index in [4.69, 9.17) is 23.2 Å². The molecular weight excluding hydrogens is 534 g/mol. The van der Waals surface area contributed by atoms with Gasteiger partial charge in [0.25, 0.3) is 0 Å². The predicted molar refractivity (Wildman–Crippen MR) is 143 cm³/mol. The maximum Gasteiger partial charge on any atom is 0.225 e. The Morgan fingerprint density at radius 1 is 0.921 bits per heavy atom. The smallest absolute Gasteiger partial charge is 0.225 e. The third kappa shape index (κ3) is 5.69. The monoisotopic (exact) mass is 553 g/mol. The number of pyridine rings is 1. The SMILES string of the molecule is O=C(Cc1c[nH]c2ccc(F)cc12)NC(Cc1cc(F)cc(F)c1)c1ncccc1-c1ccc(Cl)c(Cl)c1. The van der Waals surface area contributed by atoms with Crippen molar-refractivity contribution < 1.29 is 18.0 Å². The van der Waals surface area contributed by atoms with Gasteiger partial charge in [0.2, 0.25) is 5.91 Å². The van der Waals surface area contributed by atoms with E-state index in [1.54, 1.807) is 42.7 Å². The minimum atomic E-state index is -0.753. The molecule has 0 radical (unpaired) electrons. The zero-order chi connectivity index (χ0) is 26.8. The van der Waals surface area contributed by atoms with Crippen molar-refractivity contribution in [3.63, 3.8) is 0 Å². The molecule has 0 saturated carbocycles. The number of carbonyl (C=O) groups excluding carboxylic acids is 1. The summed E-state index contributed by atoms with van der Waals surface area (Å²) in [5.41, 5.74) is 3.51. The normalized spacial score (nSPS) is 12.0. The summed E-state index contributed by atoms with van der Waals surface area (Å²) in [6, 6.07) is 15.4. The molecule has 5 rings (SSSR count). The number of hydrogen-bond acceptors (Lipinski definition) is 2. The first kappa shape index (κ1) is 25.8. The van der Waals surface area contributed by atoms with E-state index in [1.807, 2.05) is 6.07 Å². The lowest BCUT2D eigenvalue weighted by Crippen LogP contribution is -2.32. The summed E-state index contributed by atoms with van der Waals surface area (Å²) in [7, 11) is 0. The van der Waals surface area contributed by atoms with Gasteiger partial charge in [-0.15, -0.1) is 0 Å². The average molecular weight is 554 g/mol. The first-order valence-electron chi connectivity index (χ1n) is 11.7. The van der Waals surface area contributed by atoms with E-state index >= 15 is 0 Å². The molecule has 2 aromatic heterocycles. The van der Waals surface area contributed by atoms with Crippen LogP contribution in [0.25, 0.3) is 22.0 Å². The number of amides is 1. The quantitative estimate of drug-likeness (QED) is 0.218. The van der Waals surface area contributed by atoms with Gasteiger partial charge in [0.05, 0.1) is 28.2 Å². The molecule has 2 heterocycles. The molecule has 0 aliphatic rings. The first-order valence-corrected chi connectivity index (χ1v) is 12.4. The highest BCUT2D eigenvalue weighted by Gasteiger charge is 2.22. The fraction of sp³-hybridized carbons (Fsp3) is 0.103. The van der Waals surface area contributed by atoms with E-state index in [0.29, 0.717) is 48.9 Å². The number of H-pyrrole nitrogens is 1. The van der Waals surface area contributed by atoms with E-state index < -0.39 is 23.5 Å². The maximum absolute atomic E-state index is 14.0. The molecule has 9 heteroatoms.